The Morgan fingerprint density at radius 3 is 2.38 bits per heavy atom. The molecule has 0 N–H and O–H groups in total. The molecule has 0 spiro atoms. The summed E-state index contributed by atoms with van der Waals surface area (Å²) in [5.74, 6) is 0.647. The van der Waals surface area contributed by atoms with Gasteiger partial charge < -0.3 is 9.64 Å². The number of benzene rings is 3. The molecule has 3 aromatic rings. The molecule has 2 aliphatic rings. The van der Waals surface area contributed by atoms with Gasteiger partial charge in [-0.1, -0.05) is 59.9 Å². The van der Waals surface area contributed by atoms with Crippen LogP contribution in [-0.2, 0) is 17.8 Å². The zero-order valence-corrected chi connectivity index (χ0v) is 19.4. The van der Waals surface area contributed by atoms with Gasteiger partial charge in [0.25, 0.3) is 5.24 Å². The number of hydrogen-bond acceptors (Lipinski definition) is 6. The largest absolute Gasteiger partial charge is 0.489 e. The molecule has 0 aromatic heterocycles. The highest BCUT2D eigenvalue weighted by Crippen LogP contribution is 2.48. The van der Waals surface area contributed by atoms with E-state index in [0.717, 1.165) is 28.6 Å². The quantitative estimate of drug-likeness (QED) is 0.482. The second-order valence-corrected chi connectivity index (χ2v) is 10.0. The first kappa shape index (κ1) is 21.0. The highest BCUT2D eigenvalue weighted by molar-refractivity contribution is 8.15. The van der Waals surface area contributed by atoms with E-state index in [1.165, 1.54) is 33.1 Å². The van der Waals surface area contributed by atoms with E-state index in [2.05, 4.69) is 54.4 Å². The molecular weight excluding hydrogens is 440 g/mol. The van der Waals surface area contributed by atoms with Crippen LogP contribution in [0.4, 0.5) is 16.2 Å². The maximum Gasteiger partial charge on any atom is 0.288 e. The van der Waals surface area contributed by atoms with Gasteiger partial charge in [0.1, 0.15) is 12.4 Å². The molecule has 1 saturated heterocycles. The third-order valence-corrected chi connectivity index (χ3v) is 7.97. The van der Waals surface area contributed by atoms with E-state index in [1.54, 1.807) is 11.8 Å². The lowest BCUT2D eigenvalue weighted by atomic mass is 10.1. The molecule has 3 aromatic carbocycles. The number of carbonyl (C=O) groups is 2. The molecule has 32 heavy (non-hydrogen) atoms. The monoisotopic (exact) mass is 462 g/mol. The van der Waals surface area contributed by atoms with Crippen molar-refractivity contribution in [1.29, 1.82) is 0 Å². The zero-order chi connectivity index (χ0) is 22.2. The first-order chi connectivity index (χ1) is 15.5. The number of para-hydroxylation sites is 2. The van der Waals surface area contributed by atoms with Crippen molar-refractivity contribution in [2.45, 2.75) is 28.1 Å². The van der Waals surface area contributed by atoms with E-state index in [1.807, 2.05) is 24.3 Å². The molecule has 5 rings (SSSR count). The van der Waals surface area contributed by atoms with Gasteiger partial charge >= 0.3 is 0 Å². The normalized spacial score (nSPS) is 17.4. The van der Waals surface area contributed by atoms with E-state index in [9.17, 15) is 9.59 Å². The summed E-state index contributed by atoms with van der Waals surface area (Å²) in [5.41, 5.74) is 4.52. The standard InChI is InChI=1S/C25H22N2O3S2/c1-26-19-7-3-4-8-20(19)31-21-9-5-6-17(23(21)26)15-30-18-12-10-16(11-13-18)14-22-24(28)27(2)25(29)32-22/h3-13,22H,14-15H2,1-2H3. The summed E-state index contributed by atoms with van der Waals surface area (Å²) >= 11 is 2.88. The van der Waals surface area contributed by atoms with Gasteiger partial charge in [-0.05, 0) is 42.3 Å². The minimum atomic E-state index is -0.342. The molecule has 162 valence electrons. The smallest absolute Gasteiger partial charge is 0.288 e. The van der Waals surface area contributed by atoms with Gasteiger partial charge in [-0.25, -0.2) is 0 Å². The van der Waals surface area contributed by atoms with Gasteiger partial charge in [0.05, 0.1) is 16.6 Å². The van der Waals surface area contributed by atoms with Crippen LogP contribution in [0.1, 0.15) is 11.1 Å². The summed E-state index contributed by atoms with van der Waals surface area (Å²) in [6.45, 7) is 0.464. The van der Waals surface area contributed by atoms with Crippen LogP contribution in [0.5, 0.6) is 5.75 Å². The Hall–Kier alpha value is -2.90. The summed E-state index contributed by atoms with van der Waals surface area (Å²) in [7, 11) is 3.63. The fourth-order valence-corrected chi connectivity index (χ4v) is 6.22. The Balaban J connectivity index is 1.27. The van der Waals surface area contributed by atoms with Crippen LogP contribution >= 0.6 is 23.5 Å². The van der Waals surface area contributed by atoms with Crippen molar-refractivity contribution in [3.8, 4) is 5.75 Å². The summed E-state index contributed by atoms with van der Waals surface area (Å²) in [5, 5.41) is -0.525. The molecule has 1 fully saturated rings. The number of thioether (sulfide) groups is 1. The van der Waals surface area contributed by atoms with Gasteiger partial charge in [0.15, 0.2) is 0 Å². The second-order valence-electron chi connectivity index (χ2n) is 7.80. The zero-order valence-electron chi connectivity index (χ0n) is 17.8. The molecule has 0 radical (unpaired) electrons. The third kappa shape index (κ3) is 3.87. The van der Waals surface area contributed by atoms with Crippen molar-refractivity contribution < 1.29 is 14.3 Å². The lowest BCUT2D eigenvalue weighted by Crippen LogP contribution is -2.28. The van der Waals surface area contributed by atoms with Crippen LogP contribution < -0.4 is 9.64 Å². The van der Waals surface area contributed by atoms with Crippen molar-refractivity contribution in [2.75, 3.05) is 19.0 Å². The van der Waals surface area contributed by atoms with Crippen molar-refractivity contribution in [3.05, 3.63) is 77.9 Å². The number of ether oxygens (including phenoxy) is 1. The summed E-state index contributed by atoms with van der Waals surface area (Å²) in [6.07, 6.45) is 0.535. The average Bonchev–Trinajstić information content (AvgIpc) is 3.05. The van der Waals surface area contributed by atoms with Crippen molar-refractivity contribution in [2.24, 2.45) is 0 Å². The fourth-order valence-electron chi connectivity index (χ4n) is 3.99. The molecule has 1 atom stereocenters. The number of nitrogens with zero attached hydrogens (tertiary/aromatic N) is 2. The van der Waals surface area contributed by atoms with Gasteiger partial charge in [-0.15, -0.1) is 0 Å². The van der Waals surface area contributed by atoms with E-state index < -0.39 is 0 Å². The van der Waals surface area contributed by atoms with E-state index >= 15 is 0 Å². The molecule has 0 saturated carbocycles. The maximum absolute atomic E-state index is 12.1. The van der Waals surface area contributed by atoms with E-state index in [-0.39, 0.29) is 16.4 Å². The number of carbonyl (C=O) groups excluding carboxylic acids is 2. The topological polar surface area (TPSA) is 49.9 Å². The number of rotatable bonds is 5. The minimum Gasteiger partial charge on any atom is -0.489 e. The third-order valence-electron chi connectivity index (χ3n) is 5.73. The minimum absolute atomic E-state index is 0.127. The Morgan fingerprint density at radius 2 is 1.62 bits per heavy atom. The van der Waals surface area contributed by atoms with Crippen LogP contribution in [-0.4, -0.2) is 35.4 Å². The SMILES string of the molecule is CN1C(=O)SC(Cc2ccc(OCc3cccc4c3N(C)c3ccccc3S4)cc2)C1=O. The fraction of sp³-hybridized carbons (Fsp3) is 0.200. The van der Waals surface area contributed by atoms with Gasteiger partial charge in [0, 0.05) is 29.4 Å². The molecule has 2 aliphatic heterocycles. The van der Waals surface area contributed by atoms with Crippen molar-refractivity contribution in [3.63, 3.8) is 0 Å². The molecule has 0 aliphatic carbocycles. The lowest BCUT2D eigenvalue weighted by molar-refractivity contribution is -0.125. The van der Waals surface area contributed by atoms with Crippen LogP contribution in [0.3, 0.4) is 0 Å². The molecule has 7 heteroatoms. The predicted octanol–water partition coefficient (Wildman–Crippen LogP) is 5.73. The molecular formula is C25H22N2O3S2. The molecule has 2 heterocycles. The summed E-state index contributed by atoms with van der Waals surface area (Å²) < 4.78 is 6.10. The number of amides is 2. The van der Waals surface area contributed by atoms with Crippen LogP contribution in [0.2, 0.25) is 0 Å². The van der Waals surface area contributed by atoms with Crippen molar-refractivity contribution >= 4 is 46.0 Å². The molecule has 2 amide bonds. The summed E-state index contributed by atoms with van der Waals surface area (Å²) in [4.78, 5) is 29.7. The number of imide groups is 1. The van der Waals surface area contributed by atoms with Crippen molar-refractivity contribution in [1.82, 2.24) is 4.90 Å². The number of anilines is 2. The Morgan fingerprint density at radius 1 is 0.875 bits per heavy atom. The van der Waals surface area contributed by atoms with E-state index in [0.29, 0.717) is 13.0 Å². The van der Waals surface area contributed by atoms with Gasteiger partial charge in [-0.2, -0.15) is 0 Å². The van der Waals surface area contributed by atoms with Crippen LogP contribution in [0, 0.1) is 0 Å². The summed E-state index contributed by atoms with van der Waals surface area (Å²) in [6, 6.07) is 22.5. The maximum atomic E-state index is 12.1. The Labute approximate surface area is 195 Å². The van der Waals surface area contributed by atoms with Gasteiger partial charge in [-0.3, -0.25) is 14.5 Å². The average molecular weight is 463 g/mol. The first-order valence-electron chi connectivity index (χ1n) is 10.3. The Kier molecular flexibility index (Phi) is 5.61. The number of hydrogen-bond donors (Lipinski definition) is 0. The molecule has 5 nitrogen and oxygen atoms in total. The number of fused-ring (bicyclic) bond motifs is 2. The highest BCUT2D eigenvalue weighted by Gasteiger charge is 2.36. The van der Waals surface area contributed by atoms with Gasteiger partial charge in [0.2, 0.25) is 5.91 Å². The second kappa shape index (κ2) is 8.56. The van der Waals surface area contributed by atoms with Crippen LogP contribution in [0.25, 0.3) is 0 Å². The molecule has 0 bridgehead atoms. The predicted molar refractivity (Wildman–Crippen MR) is 129 cm³/mol. The Bertz CT molecular complexity index is 1200. The first-order valence-corrected chi connectivity index (χ1v) is 12.0. The highest BCUT2D eigenvalue weighted by atomic mass is 32.2. The van der Waals surface area contributed by atoms with E-state index in [4.69, 9.17) is 4.74 Å². The lowest BCUT2D eigenvalue weighted by Gasteiger charge is -2.31. The van der Waals surface area contributed by atoms with Crippen LogP contribution in [0.15, 0.2) is 76.5 Å². The molecule has 1 unspecified atom stereocenters.